The summed E-state index contributed by atoms with van der Waals surface area (Å²) >= 11 is 5.94. The monoisotopic (exact) mass is 456 g/mol. The Kier molecular flexibility index (Phi) is 5.42. The van der Waals surface area contributed by atoms with E-state index in [0.717, 1.165) is 18.2 Å². The number of hydrogen-bond acceptors (Lipinski definition) is 5. The minimum absolute atomic E-state index is 0.139. The highest BCUT2D eigenvalue weighted by molar-refractivity contribution is 6.30. The molecule has 0 unspecified atom stereocenters. The first-order valence-corrected chi connectivity index (χ1v) is 11.0. The number of likely N-dealkylation sites (tertiary alicyclic amines) is 1. The zero-order chi connectivity index (χ0) is 22.2. The molecule has 10 heteroatoms. The minimum Gasteiger partial charge on any atom is -0.374 e. The molecule has 2 amide bonds. The Balaban J connectivity index is 1.37. The topological polar surface area (TPSA) is 94.2 Å². The van der Waals surface area contributed by atoms with Crippen LogP contribution in [0.3, 0.4) is 0 Å². The van der Waals surface area contributed by atoms with Crippen LogP contribution in [-0.2, 0) is 9.59 Å². The number of amides is 2. The molecular weight excluding hydrogens is 435 g/mol. The third-order valence-corrected chi connectivity index (χ3v) is 6.27. The van der Waals surface area contributed by atoms with E-state index in [2.05, 4.69) is 20.3 Å². The zero-order valence-electron chi connectivity index (χ0n) is 17.2. The summed E-state index contributed by atoms with van der Waals surface area (Å²) in [5.41, 5.74) is 1.11. The number of nitrogens with one attached hydrogen (secondary N) is 2. The molecule has 166 valence electrons. The second kappa shape index (κ2) is 8.38. The summed E-state index contributed by atoms with van der Waals surface area (Å²) in [6, 6.07) is 4.86. The first kappa shape index (κ1) is 20.7. The molecule has 0 spiro atoms. The highest BCUT2D eigenvalue weighted by atomic mass is 35.5. The highest BCUT2D eigenvalue weighted by Crippen LogP contribution is 2.30. The van der Waals surface area contributed by atoms with E-state index < -0.39 is 17.9 Å². The van der Waals surface area contributed by atoms with Crippen LogP contribution in [0.15, 0.2) is 36.8 Å². The van der Waals surface area contributed by atoms with E-state index in [1.54, 1.807) is 22.1 Å². The molecule has 2 aromatic heterocycles. The molecule has 2 aliphatic heterocycles. The van der Waals surface area contributed by atoms with E-state index >= 15 is 0 Å². The van der Waals surface area contributed by atoms with Gasteiger partial charge in [0.1, 0.15) is 35.7 Å². The molecule has 2 saturated heterocycles. The Morgan fingerprint density at radius 2 is 1.94 bits per heavy atom. The maximum Gasteiger partial charge on any atom is 0.250 e. The van der Waals surface area contributed by atoms with Gasteiger partial charge in [0.2, 0.25) is 5.91 Å². The van der Waals surface area contributed by atoms with Gasteiger partial charge in [0.05, 0.1) is 5.39 Å². The van der Waals surface area contributed by atoms with Gasteiger partial charge >= 0.3 is 0 Å². The molecular formula is C22H22ClFN6O2. The standard InChI is InChI=1S/C22H22ClFN6O2/c23-13-9-14(24)11-15(10-13)28-17-3-1-7-29(21(17)31)18-4-2-8-30(22(18)32)20-16-5-6-25-19(16)26-12-27-20/h5-6,9-12,17-18,28H,1-4,7-8H2,(H,25,26,27)/t17-,18-/m1/s1. The molecule has 0 saturated carbocycles. The highest BCUT2D eigenvalue weighted by Gasteiger charge is 2.41. The fourth-order valence-corrected chi connectivity index (χ4v) is 4.83. The summed E-state index contributed by atoms with van der Waals surface area (Å²) in [6.45, 7) is 1.05. The summed E-state index contributed by atoms with van der Waals surface area (Å²) in [7, 11) is 0. The fraction of sp³-hybridized carbons (Fsp3) is 0.364. The summed E-state index contributed by atoms with van der Waals surface area (Å²) < 4.78 is 13.7. The van der Waals surface area contributed by atoms with Crippen LogP contribution in [0, 0.1) is 5.82 Å². The van der Waals surface area contributed by atoms with Gasteiger partial charge < -0.3 is 15.2 Å². The molecule has 2 atom stereocenters. The molecule has 2 N–H and O–H groups in total. The van der Waals surface area contributed by atoms with Gasteiger partial charge in [-0.25, -0.2) is 14.4 Å². The van der Waals surface area contributed by atoms with Gasteiger partial charge in [0.25, 0.3) is 5.91 Å². The fourth-order valence-electron chi connectivity index (χ4n) is 4.61. The Hall–Kier alpha value is -3.20. The van der Waals surface area contributed by atoms with Crippen LogP contribution in [0.25, 0.3) is 11.0 Å². The van der Waals surface area contributed by atoms with Gasteiger partial charge in [-0.3, -0.25) is 14.5 Å². The number of rotatable bonds is 4. The number of piperidine rings is 2. The lowest BCUT2D eigenvalue weighted by Gasteiger charge is -2.41. The molecule has 2 aliphatic rings. The molecule has 0 radical (unpaired) electrons. The summed E-state index contributed by atoms with van der Waals surface area (Å²) in [5.74, 6) is -0.217. The van der Waals surface area contributed by atoms with E-state index in [9.17, 15) is 14.0 Å². The Morgan fingerprint density at radius 1 is 1.09 bits per heavy atom. The number of halogens is 2. The Bertz CT molecular complexity index is 1160. The van der Waals surface area contributed by atoms with Crippen LogP contribution in [0.4, 0.5) is 15.9 Å². The number of fused-ring (bicyclic) bond motifs is 1. The van der Waals surface area contributed by atoms with Crippen LogP contribution in [-0.4, -0.2) is 56.8 Å². The van der Waals surface area contributed by atoms with Crippen molar-refractivity contribution in [1.82, 2.24) is 19.9 Å². The van der Waals surface area contributed by atoms with Crippen molar-refractivity contribution in [3.8, 4) is 0 Å². The first-order chi connectivity index (χ1) is 15.5. The van der Waals surface area contributed by atoms with Gasteiger partial charge in [-0.15, -0.1) is 0 Å². The van der Waals surface area contributed by atoms with Crippen molar-refractivity contribution in [1.29, 1.82) is 0 Å². The van der Waals surface area contributed by atoms with Crippen molar-refractivity contribution < 1.29 is 14.0 Å². The van der Waals surface area contributed by atoms with Crippen molar-refractivity contribution in [3.63, 3.8) is 0 Å². The number of anilines is 2. The molecule has 8 nitrogen and oxygen atoms in total. The third-order valence-electron chi connectivity index (χ3n) is 6.05. The maximum atomic E-state index is 13.7. The number of H-pyrrole nitrogens is 1. The predicted molar refractivity (Wildman–Crippen MR) is 119 cm³/mol. The average molecular weight is 457 g/mol. The minimum atomic E-state index is -0.555. The second-order valence-corrected chi connectivity index (χ2v) is 8.55. The number of benzene rings is 1. The average Bonchev–Trinajstić information content (AvgIpc) is 3.24. The van der Waals surface area contributed by atoms with Gasteiger partial charge in [-0.05, 0) is 49.9 Å². The van der Waals surface area contributed by atoms with E-state index in [0.29, 0.717) is 43.1 Å². The lowest BCUT2D eigenvalue weighted by Crippen LogP contribution is -2.59. The van der Waals surface area contributed by atoms with Crippen molar-refractivity contribution in [2.45, 2.75) is 37.8 Å². The second-order valence-electron chi connectivity index (χ2n) is 8.11. The molecule has 4 heterocycles. The van der Waals surface area contributed by atoms with Gasteiger partial charge in [0, 0.05) is 30.0 Å². The van der Waals surface area contributed by atoms with Crippen LogP contribution in [0.1, 0.15) is 25.7 Å². The van der Waals surface area contributed by atoms with Crippen LogP contribution >= 0.6 is 11.6 Å². The first-order valence-electron chi connectivity index (χ1n) is 10.6. The van der Waals surface area contributed by atoms with Gasteiger partial charge in [-0.2, -0.15) is 0 Å². The van der Waals surface area contributed by atoms with E-state index in [1.165, 1.54) is 18.5 Å². The summed E-state index contributed by atoms with van der Waals surface area (Å²) in [4.78, 5) is 41.6. The largest absolute Gasteiger partial charge is 0.374 e. The smallest absolute Gasteiger partial charge is 0.250 e. The van der Waals surface area contributed by atoms with E-state index in [-0.39, 0.29) is 16.8 Å². The zero-order valence-corrected chi connectivity index (χ0v) is 18.0. The Labute approximate surface area is 188 Å². The van der Waals surface area contributed by atoms with Crippen molar-refractivity contribution >= 4 is 46.0 Å². The van der Waals surface area contributed by atoms with Crippen molar-refractivity contribution in [2.75, 3.05) is 23.3 Å². The normalized spacial score (nSPS) is 21.9. The maximum absolute atomic E-state index is 13.7. The quantitative estimate of drug-likeness (QED) is 0.628. The summed E-state index contributed by atoms with van der Waals surface area (Å²) in [6.07, 6.45) is 5.89. The van der Waals surface area contributed by atoms with Crippen LogP contribution < -0.4 is 10.2 Å². The predicted octanol–water partition coefficient (Wildman–Crippen LogP) is 3.35. The molecule has 1 aromatic carbocycles. The van der Waals surface area contributed by atoms with E-state index in [1.807, 2.05) is 6.07 Å². The molecule has 5 rings (SSSR count). The molecule has 2 fully saturated rings. The number of carbonyl (C=O) groups is 2. The number of hydrogen-bond donors (Lipinski definition) is 2. The van der Waals surface area contributed by atoms with Gasteiger partial charge in [-0.1, -0.05) is 11.6 Å². The third kappa shape index (κ3) is 3.77. The SMILES string of the molecule is O=C1[C@H](N2CCC[C@@H](Nc3cc(F)cc(Cl)c3)C2=O)CCCN1c1ncnc2[nH]ccc12. The molecule has 3 aromatic rings. The molecule has 32 heavy (non-hydrogen) atoms. The number of nitrogens with zero attached hydrogens (tertiary/aromatic N) is 4. The number of aromatic nitrogens is 3. The molecule has 0 aliphatic carbocycles. The van der Waals surface area contributed by atoms with E-state index in [4.69, 9.17) is 11.6 Å². The lowest BCUT2D eigenvalue weighted by molar-refractivity contribution is -0.143. The number of aromatic amines is 1. The summed E-state index contributed by atoms with van der Waals surface area (Å²) in [5, 5.41) is 4.12. The van der Waals surface area contributed by atoms with Gasteiger partial charge in [0.15, 0.2) is 0 Å². The van der Waals surface area contributed by atoms with Crippen molar-refractivity contribution in [2.24, 2.45) is 0 Å². The molecule has 0 bridgehead atoms. The van der Waals surface area contributed by atoms with Crippen LogP contribution in [0.2, 0.25) is 5.02 Å². The lowest BCUT2D eigenvalue weighted by atomic mass is 9.97. The Morgan fingerprint density at radius 3 is 2.78 bits per heavy atom. The number of carbonyl (C=O) groups excluding carboxylic acids is 2. The van der Waals surface area contributed by atoms with Crippen molar-refractivity contribution in [3.05, 3.63) is 47.6 Å². The van der Waals surface area contributed by atoms with Crippen LogP contribution in [0.5, 0.6) is 0 Å².